The Labute approximate surface area is 107 Å². The van der Waals surface area contributed by atoms with Crippen molar-refractivity contribution in [1.29, 1.82) is 0 Å². The summed E-state index contributed by atoms with van der Waals surface area (Å²) in [6, 6.07) is 6.44. The van der Waals surface area contributed by atoms with Crippen LogP contribution in [0.3, 0.4) is 0 Å². The van der Waals surface area contributed by atoms with Crippen molar-refractivity contribution < 1.29 is 14.7 Å². The van der Waals surface area contributed by atoms with Crippen LogP contribution in [-0.2, 0) is 0 Å². The number of hydrogen-bond acceptors (Lipinski definition) is 5. The van der Waals surface area contributed by atoms with Gasteiger partial charge in [0.25, 0.3) is 5.91 Å². The number of aliphatic hydroxyl groups is 1. The van der Waals surface area contributed by atoms with Crippen LogP contribution < -0.4 is 5.32 Å². The summed E-state index contributed by atoms with van der Waals surface area (Å²) in [5, 5.41) is 13.6. The van der Waals surface area contributed by atoms with Crippen molar-refractivity contribution in [2.24, 2.45) is 0 Å². The predicted molar refractivity (Wildman–Crippen MR) is 66.4 cm³/mol. The molecule has 2 aromatic rings. The summed E-state index contributed by atoms with van der Waals surface area (Å²) in [6.45, 7) is 0. The molecule has 1 atom stereocenters. The van der Waals surface area contributed by atoms with Gasteiger partial charge in [0.1, 0.15) is 0 Å². The lowest BCUT2D eigenvalue weighted by Crippen LogP contribution is -2.40. The highest BCUT2D eigenvalue weighted by Crippen LogP contribution is 2.10. The van der Waals surface area contributed by atoms with Gasteiger partial charge in [-0.3, -0.25) is 14.6 Å². The van der Waals surface area contributed by atoms with Gasteiger partial charge < -0.3 is 10.4 Å². The molecule has 2 aromatic heterocycles. The van der Waals surface area contributed by atoms with Crippen LogP contribution in [0.15, 0.2) is 42.0 Å². The molecule has 92 valence electrons. The zero-order valence-electron chi connectivity index (χ0n) is 9.24. The fourth-order valence-corrected chi connectivity index (χ4v) is 2.01. The van der Waals surface area contributed by atoms with Crippen molar-refractivity contribution in [3.63, 3.8) is 0 Å². The number of nitrogens with one attached hydrogen (secondary N) is 1. The Morgan fingerprint density at radius 3 is 2.78 bits per heavy atom. The van der Waals surface area contributed by atoms with Crippen LogP contribution in [0, 0.1) is 0 Å². The minimum atomic E-state index is -1.55. The molecule has 1 amide bonds. The van der Waals surface area contributed by atoms with Crippen LogP contribution in [-0.4, -0.2) is 28.0 Å². The molecule has 0 aliphatic heterocycles. The van der Waals surface area contributed by atoms with Crippen molar-refractivity contribution >= 4 is 23.0 Å². The minimum absolute atomic E-state index is 0.288. The number of aromatic nitrogens is 1. The molecule has 18 heavy (non-hydrogen) atoms. The van der Waals surface area contributed by atoms with E-state index in [2.05, 4.69) is 10.3 Å². The molecule has 0 aromatic carbocycles. The van der Waals surface area contributed by atoms with Crippen molar-refractivity contribution in [2.75, 3.05) is 0 Å². The Hall–Kier alpha value is -2.05. The number of aliphatic hydroxyl groups excluding tert-OH is 1. The summed E-state index contributed by atoms with van der Waals surface area (Å²) in [6.07, 6.45) is 1.35. The minimum Gasteiger partial charge on any atom is -0.367 e. The van der Waals surface area contributed by atoms with E-state index in [0.29, 0.717) is 4.88 Å². The number of ketones is 1. The standard InChI is InChI=1S/C12H10N2O3S/c15-10(9-4-2-6-18-9)12(17)14-11(16)8-3-1-5-13-7-8/h1-7,12,17H,(H,14,16)/t12-/m0/s1. The number of Topliss-reactive ketones (excluding diaryl/α,β-unsaturated/α-hetero) is 1. The molecular formula is C12H10N2O3S. The highest BCUT2D eigenvalue weighted by molar-refractivity contribution is 7.12. The third-order valence-corrected chi connectivity index (χ3v) is 3.09. The second kappa shape index (κ2) is 5.52. The Bertz CT molecular complexity index is 540. The number of thiophene rings is 1. The zero-order chi connectivity index (χ0) is 13.0. The third kappa shape index (κ3) is 2.79. The van der Waals surface area contributed by atoms with Gasteiger partial charge in [0.15, 0.2) is 6.23 Å². The number of pyridine rings is 1. The van der Waals surface area contributed by atoms with Gasteiger partial charge in [-0.2, -0.15) is 0 Å². The fraction of sp³-hybridized carbons (Fsp3) is 0.0833. The maximum absolute atomic E-state index is 11.7. The van der Waals surface area contributed by atoms with Gasteiger partial charge in [0, 0.05) is 12.4 Å². The summed E-state index contributed by atoms with van der Waals surface area (Å²) in [5.41, 5.74) is 0.288. The predicted octanol–water partition coefficient (Wildman–Crippen LogP) is 1.07. The second-order valence-electron chi connectivity index (χ2n) is 3.46. The second-order valence-corrected chi connectivity index (χ2v) is 4.41. The van der Waals surface area contributed by atoms with Crippen LogP contribution >= 0.6 is 11.3 Å². The first-order valence-corrected chi connectivity index (χ1v) is 6.03. The molecule has 2 heterocycles. The van der Waals surface area contributed by atoms with Crippen LogP contribution in [0.4, 0.5) is 0 Å². The van der Waals surface area contributed by atoms with E-state index in [4.69, 9.17) is 0 Å². The molecule has 0 aliphatic rings. The molecule has 2 rings (SSSR count). The van der Waals surface area contributed by atoms with Gasteiger partial charge in [-0.05, 0) is 23.6 Å². The quantitative estimate of drug-likeness (QED) is 0.638. The first kappa shape index (κ1) is 12.4. The molecule has 0 spiro atoms. The SMILES string of the molecule is O=C(N[C@@H](O)C(=O)c1cccs1)c1cccnc1. The molecule has 5 nitrogen and oxygen atoms in total. The Morgan fingerprint density at radius 1 is 1.33 bits per heavy atom. The topological polar surface area (TPSA) is 79.3 Å². The summed E-state index contributed by atoms with van der Waals surface area (Å²) in [7, 11) is 0. The molecule has 0 unspecified atom stereocenters. The van der Waals surface area contributed by atoms with Crippen LogP contribution in [0.1, 0.15) is 20.0 Å². The maximum atomic E-state index is 11.7. The number of carbonyl (C=O) groups excluding carboxylic acids is 2. The van der Waals surface area contributed by atoms with E-state index < -0.39 is 17.9 Å². The summed E-state index contributed by atoms with van der Waals surface area (Å²) >= 11 is 1.21. The largest absolute Gasteiger partial charge is 0.367 e. The first-order valence-electron chi connectivity index (χ1n) is 5.15. The number of carbonyl (C=O) groups is 2. The van der Waals surface area contributed by atoms with E-state index in [-0.39, 0.29) is 5.56 Å². The monoisotopic (exact) mass is 262 g/mol. The molecule has 0 radical (unpaired) electrons. The van der Waals surface area contributed by atoms with Crippen molar-refractivity contribution in [3.05, 3.63) is 52.5 Å². The van der Waals surface area contributed by atoms with Gasteiger partial charge in [-0.1, -0.05) is 6.07 Å². The van der Waals surface area contributed by atoms with Crippen molar-refractivity contribution in [1.82, 2.24) is 10.3 Å². The van der Waals surface area contributed by atoms with Crippen LogP contribution in [0.2, 0.25) is 0 Å². The summed E-state index contributed by atoms with van der Waals surface area (Å²) < 4.78 is 0. The molecule has 0 bridgehead atoms. The van der Waals surface area contributed by atoms with E-state index in [0.717, 1.165) is 0 Å². The van der Waals surface area contributed by atoms with E-state index in [1.807, 2.05) is 0 Å². The molecule has 6 heteroatoms. The van der Waals surface area contributed by atoms with Crippen LogP contribution in [0.25, 0.3) is 0 Å². The van der Waals surface area contributed by atoms with Gasteiger partial charge in [-0.25, -0.2) is 0 Å². The average molecular weight is 262 g/mol. The van der Waals surface area contributed by atoms with Gasteiger partial charge >= 0.3 is 0 Å². The van der Waals surface area contributed by atoms with E-state index in [1.165, 1.54) is 23.7 Å². The lowest BCUT2D eigenvalue weighted by molar-refractivity contribution is 0.0610. The molecular weight excluding hydrogens is 252 g/mol. The number of rotatable bonds is 4. The highest BCUT2D eigenvalue weighted by atomic mass is 32.1. The Kier molecular flexibility index (Phi) is 3.81. The fourth-order valence-electron chi connectivity index (χ4n) is 1.32. The Morgan fingerprint density at radius 2 is 2.17 bits per heavy atom. The molecule has 0 aliphatic carbocycles. The lowest BCUT2D eigenvalue weighted by atomic mass is 10.2. The normalized spacial score (nSPS) is 11.8. The van der Waals surface area contributed by atoms with Crippen molar-refractivity contribution in [2.45, 2.75) is 6.23 Å². The van der Waals surface area contributed by atoms with Gasteiger partial charge in [-0.15, -0.1) is 11.3 Å². The third-order valence-electron chi connectivity index (χ3n) is 2.20. The number of amides is 1. The average Bonchev–Trinajstić information content (AvgIpc) is 2.92. The lowest BCUT2D eigenvalue weighted by Gasteiger charge is -2.10. The van der Waals surface area contributed by atoms with Crippen LogP contribution in [0.5, 0.6) is 0 Å². The highest BCUT2D eigenvalue weighted by Gasteiger charge is 2.20. The molecule has 0 saturated carbocycles. The first-order chi connectivity index (χ1) is 8.68. The van der Waals surface area contributed by atoms with Gasteiger partial charge in [0.2, 0.25) is 5.78 Å². The summed E-state index contributed by atoms with van der Waals surface area (Å²) in [4.78, 5) is 27.6. The van der Waals surface area contributed by atoms with E-state index in [9.17, 15) is 14.7 Å². The zero-order valence-corrected chi connectivity index (χ0v) is 10.1. The van der Waals surface area contributed by atoms with Crippen molar-refractivity contribution in [3.8, 4) is 0 Å². The molecule has 0 saturated heterocycles. The Balaban J connectivity index is 2.02. The molecule has 0 fully saturated rings. The number of nitrogens with zero attached hydrogens (tertiary/aromatic N) is 1. The van der Waals surface area contributed by atoms with Gasteiger partial charge in [0.05, 0.1) is 10.4 Å². The smallest absolute Gasteiger partial charge is 0.255 e. The van der Waals surface area contributed by atoms with E-state index >= 15 is 0 Å². The maximum Gasteiger partial charge on any atom is 0.255 e. The van der Waals surface area contributed by atoms with E-state index in [1.54, 1.807) is 29.6 Å². The summed E-state index contributed by atoms with van der Waals surface area (Å²) in [5.74, 6) is -1.07. The number of hydrogen-bond donors (Lipinski definition) is 2. The molecule has 2 N–H and O–H groups in total.